The molecule has 128 valence electrons. The molecule has 0 unspecified atom stereocenters. The fraction of sp³-hybridized carbons (Fsp3) is 0.211. The third kappa shape index (κ3) is 4.46. The standard InChI is InChI=1S/C19H17NO3S2/c1-12-7-9-14(10-8-12)18(22)13(2)23-17(21)11-24-19-20-15-5-3-4-6-16(15)25-19/h3-10,13H,11H2,1-2H3/t13-/m1/s1. The maximum Gasteiger partial charge on any atom is 0.317 e. The molecule has 0 amide bonds. The van der Waals surface area contributed by atoms with Crippen molar-refractivity contribution in [2.24, 2.45) is 0 Å². The SMILES string of the molecule is Cc1ccc(C(=O)[C@@H](C)OC(=O)CSc2nc3ccccc3s2)cc1. The van der Waals surface area contributed by atoms with Crippen molar-refractivity contribution < 1.29 is 14.3 Å². The number of rotatable bonds is 6. The van der Waals surface area contributed by atoms with Crippen LogP contribution in [-0.2, 0) is 9.53 Å². The molecule has 0 radical (unpaired) electrons. The molecular weight excluding hydrogens is 354 g/mol. The average Bonchev–Trinajstić information content (AvgIpc) is 3.03. The molecule has 0 aliphatic rings. The number of carbonyl (C=O) groups is 2. The van der Waals surface area contributed by atoms with Gasteiger partial charge in [-0.1, -0.05) is 53.7 Å². The van der Waals surface area contributed by atoms with Gasteiger partial charge >= 0.3 is 5.97 Å². The van der Waals surface area contributed by atoms with Gasteiger partial charge in [0.2, 0.25) is 5.78 Å². The van der Waals surface area contributed by atoms with Gasteiger partial charge in [-0.2, -0.15) is 0 Å². The molecule has 0 saturated carbocycles. The Labute approximate surface area is 154 Å². The lowest BCUT2D eigenvalue weighted by molar-refractivity contribution is -0.143. The van der Waals surface area contributed by atoms with Gasteiger partial charge in [0.05, 0.1) is 16.0 Å². The zero-order chi connectivity index (χ0) is 17.8. The molecule has 0 N–H and O–H groups in total. The minimum atomic E-state index is -0.800. The smallest absolute Gasteiger partial charge is 0.317 e. The summed E-state index contributed by atoms with van der Waals surface area (Å²) in [6, 6.07) is 15.1. The number of ketones is 1. The van der Waals surface area contributed by atoms with Crippen LogP contribution in [0.1, 0.15) is 22.8 Å². The van der Waals surface area contributed by atoms with E-state index in [4.69, 9.17) is 4.74 Å². The Kier molecular flexibility index (Phi) is 5.50. The van der Waals surface area contributed by atoms with Crippen LogP contribution >= 0.6 is 23.1 Å². The Balaban J connectivity index is 1.54. The van der Waals surface area contributed by atoms with Crippen LogP contribution in [0.15, 0.2) is 52.9 Å². The van der Waals surface area contributed by atoms with Crippen molar-refractivity contribution in [3.8, 4) is 0 Å². The molecule has 1 atom stereocenters. The first-order valence-electron chi connectivity index (χ1n) is 7.81. The van der Waals surface area contributed by atoms with E-state index in [2.05, 4.69) is 4.98 Å². The van der Waals surface area contributed by atoms with Crippen LogP contribution in [-0.4, -0.2) is 28.6 Å². The number of Topliss-reactive ketones (excluding diaryl/α,β-unsaturated/α-hetero) is 1. The number of benzene rings is 2. The van der Waals surface area contributed by atoms with Crippen LogP contribution in [0.25, 0.3) is 10.2 Å². The number of ether oxygens (including phenoxy) is 1. The molecule has 0 aliphatic carbocycles. The molecule has 0 saturated heterocycles. The molecule has 0 bridgehead atoms. The highest BCUT2D eigenvalue weighted by atomic mass is 32.2. The summed E-state index contributed by atoms with van der Waals surface area (Å²) in [5.74, 6) is -0.485. The Morgan fingerprint density at radius 1 is 1.16 bits per heavy atom. The number of aryl methyl sites for hydroxylation is 1. The molecule has 4 nitrogen and oxygen atoms in total. The van der Waals surface area contributed by atoms with Gasteiger partial charge < -0.3 is 4.74 Å². The van der Waals surface area contributed by atoms with Crippen LogP contribution < -0.4 is 0 Å². The maximum atomic E-state index is 12.3. The van der Waals surface area contributed by atoms with Gasteiger partial charge in [0.25, 0.3) is 0 Å². The predicted molar refractivity (Wildman–Crippen MR) is 101 cm³/mol. The zero-order valence-corrected chi connectivity index (χ0v) is 15.5. The number of carbonyl (C=O) groups excluding carboxylic acids is 2. The van der Waals surface area contributed by atoms with Gasteiger partial charge in [-0.25, -0.2) is 4.98 Å². The van der Waals surface area contributed by atoms with E-state index in [-0.39, 0.29) is 11.5 Å². The van der Waals surface area contributed by atoms with Crippen LogP contribution in [0.4, 0.5) is 0 Å². The number of hydrogen-bond donors (Lipinski definition) is 0. The number of aromatic nitrogens is 1. The van der Waals surface area contributed by atoms with Gasteiger partial charge in [0.1, 0.15) is 0 Å². The first-order valence-corrected chi connectivity index (χ1v) is 9.62. The highest BCUT2D eigenvalue weighted by molar-refractivity contribution is 8.01. The number of para-hydroxylation sites is 1. The van der Waals surface area contributed by atoms with Crippen molar-refractivity contribution in [3.05, 3.63) is 59.7 Å². The van der Waals surface area contributed by atoms with Gasteiger partial charge in [-0.05, 0) is 26.0 Å². The minimum absolute atomic E-state index is 0.130. The van der Waals surface area contributed by atoms with E-state index in [1.165, 1.54) is 23.1 Å². The van der Waals surface area contributed by atoms with Crippen LogP contribution in [0.5, 0.6) is 0 Å². The Bertz CT molecular complexity index is 869. The predicted octanol–water partition coefficient (Wildman–Crippen LogP) is 4.51. The molecule has 3 rings (SSSR count). The number of fused-ring (bicyclic) bond motifs is 1. The number of esters is 1. The summed E-state index contributed by atoms with van der Waals surface area (Å²) in [7, 11) is 0. The number of thiazole rings is 1. The van der Waals surface area contributed by atoms with Crippen LogP contribution in [0.2, 0.25) is 0 Å². The van der Waals surface area contributed by atoms with Crippen molar-refractivity contribution in [1.29, 1.82) is 0 Å². The highest BCUT2D eigenvalue weighted by Crippen LogP contribution is 2.29. The van der Waals surface area contributed by atoms with Gasteiger partial charge in [-0.3, -0.25) is 9.59 Å². The van der Waals surface area contributed by atoms with Crippen LogP contribution in [0, 0.1) is 6.92 Å². The Morgan fingerprint density at radius 2 is 1.88 bits per heavy atom. The summed E-state index contributed by atoms with van der Waals surface area (Å²) in [6.07, 6.45) is -0.800. The number of hydrogen-bond acceptors (Lipinski definition) is 6. The summed E-state index contributed by atoms with van der Waals surface area (Å²) in [5.41, 5.74) is 2.55. The maximum absolute atomic E-state index is 12.3. The zero-order valence-electron chi connectivity index (χ0n) is 13.9. The molecule has 0 aliphatic heterocycles. The molecule has 3 aromatic rings. The third-order valence-corrected chi connectivity index (χ3v) is 5.75. The largest absolute Gasteiger partial charge is 0.454 e. The second-order valence-corrected chi connectivity index (χ2v) is 7.85. The van der Waals surface area contributed by atoms with Crippen molar-refractivity contribution >= 4 is 45.1 Å². The van der Waals surface area contributed by atoms with Crippen molar-refractivity contribution in [2.45, 2.75) is 24.3 Å². The van der Waals surface area contributed by atoms with E-state index < -0.39 is 12.1 Å². The van der Waals surface area contributed by atoms with Gasteiger partial charge in [0, 0.05) is 5.56 Å². The van der Waals surface area contributed by atoms with E-state index in [1.807, 2.05) is 43.3 Å². The third-order valence-electron chi connectivity index (χ3n) is 3.60. The molecule has 1 heterocycles. The molecule has 2 aromatic carbocycles. The van der Waals surface area contributed by atoms with Gasteiger partial charge in [-0.15, -0.1) is 11.3 Å². The summed E-state index contributed by atoms with van der Waals surface area (Å²) in [5, 5.41) is 0. The molecule has 0 spiro atoms. The van der Waals surface area contributed by atoms with E-state index in [0.717, 1.165) is 20.1 Å². The summed E-state index contributed by atoms with van der Waals surface area (Å²) < 4.78 is 7.16. The summed E-state index contributed by atoms with van der Waals surface area (Å²) in [4.78, 5) is 28.8. The van der Waals surface area contributed by atoms with E-state index in [0.29, 0.717) is 5.56 Å². The van der Waals surface area contributed by atoms with E-state index in [1.54, 1.807) is 19.1 Å². The molecule has 6 heteroatoms. The normalized spacial score (nSPS) is 12.1. The quantitative estimate of drug-likeness (QED) is 0.362. The van der Waals surface area contributed by atoms with Crippen molar-refractivity contribution in [1.82, 2.24) is 4.98 Å². The Hall–Kier alpha value is -2.18. The highest BCUT2D eigenvalue weighted by Gasteiger charge is 2.19. The summed E-state index contributed by atoms with van der Waals surface area (Å²) >= 11 is 2.87. The monoisotopic (exact) mass is 371 g/mol. The lowest BCUT2D eigenvalue weighted by Crippen LogP contribution is -2.25. The van der Waals surface area contributed by atoms with Crippen molar-refractivity contribution in [3.63, 3.8) is 0 Å². The number of nitrogens with zero attached hydrogens (tertiary/aromatic N) is 1. The fourth-order valence-corrected chi connectivity index (χ4v) is 4.12. The molecular formula is C19H17NO3S2. The Morgan fingerprint density at radius 3 is 2.60 bits per heavy atom. The van der Waals surface area contributed by atoms with Gasteiger partial charge in [0.15, 0.2) is 10.4 Å². The summed E-state index contributed by atoms with van der Waals surface area (Å²) in [6.45, 7) is 3.55. The van der Waals surface area contributed by atoms with Crippen LogP contribution in [0.3, 0.4) is 0 Å². The first kappa shape index (κ1) is 17.6. The van der Waals surface area contributed by atoms with Crippen molar-refractivity contribution in [2.75, 3.05) is 5.75 Å². The topological polar surface area (TPSA) is 56.3 Å². The average molecular weight is 371 g/mol. The first-order chi connectivity index (χ1) is 12.0. The van der Waals surface area contributed by atoms with E-state index in [9.17, 15) is 9.59 Å². The molecule has 0 fully saturated rings. The second-order valence-electron chi connectivity index (χ2n) is 5.60. The minimum Gasteiger partial charge on any atom is -0.454 e. The van der Waals surface area contributed by atoms with E-state index >= 15 is 0 Å². The number of thioether (sulfide) groups is 1. The molecule has 1 aromatic heterocycles. The fourth-order valence-electron chi connectivity index (χ4n) is 2.27. The molecule has 25 heavy (non-hydrogen) atoms. The lowest BCUT2D eigenvalue weighted by Gasteiger charge is -2.12. The second kappa shape index (κ2) is 7.80. The lowest BCUT2D eigenvalue weighted by atomic mass is 10.1.